The molecule has 1 aromatic carbocycles. The van der Waals surface area contributed by atoms with Gasteiger partial charge in [0.25, 0.3) is 5.91 Å². The Hall–Kier alpha value is -2.11. The van der Waals surface area contributed by atoms with E-state index in [-0.39, 0.29) is 11.5 Å². The molecule has 0 N–H and O–H groups in total. The second-order valence-electron chi connectivity index (χ2n) is 7.96. The number of ether oxygens (including phenoxy) is 1. The van der Waals surface area contributed by atoms with Crippen LogP contribution in [0.1, 0.15) is 47.2 Å². The summed E-state index contributed by atoms with van der Waals surface area (Å²) in [6.07, 6.45) is 5.65. The van der Waals surface area contributed by atoms with Crippen molar-refractivity contribution in [2.75, 3.05) is 31.1 Å². The van der Waals surface area contributed by atoms with Crippen molar-refractivity contribution in [1.29, 1.82) is 0 Å². The highest BCUT2D eigenvalue weighted by molar-refractivity contribution is 6.33. The molecule has 0 radical (unpaired) electrons. The number of aromatic nitrogens is 1. The monoisotopic (exact) mass is 397 g/mol. The molecular weight excluding hydrogens is 374 g/mol. The number of rotatable bonds is 2. The number of pyridine rings is 1. The molecular formula is C22H24ClN3O2. The number of benzene rings is 1. The van der Waals surface area contributed by atoms with E-state index >= 15 is 0 Å². The Balaban J connectivity index is 1.31. The van der Waals surface area contributed by atoms with Crippen molar-refractivity contribution in [1.82, 2.24) is 9.88 Å². The van der Waals surface area contributed by atoms with Crippen LogP contribution in [0.15, 0.2) is 36.5 Å². The first-order valence-electron chi connectivity index (χ1n) is 10.1. The molecule has 5 rings (SSSR count). The van der Waals surface area contributed by atoms with Gasteiger partial charge in [-0.1, -0.05) is 35.9 Å². The van der Waals surface area contributed by atoms with Crippen LogP contribution >= 0.6 is 11.6 Å². The quantitative estimate of drug-likeness (QED) is 0.768. The van der Waals surface area contributed by atoms with Gasteiger partial charge in [0, 0.05) is 32.4 Å². The summed E-state index contributed by atoms with van der Waals surface area (Å²) in [5, 5.41) is 0.550. The summed E-state index contributed by atoms with van der Waals surface area (Å²) < 4.78 is 6.24. The van der Waals surface area contributed by atoms with Gasteiger partial charge < -0.3 is 14.5 Å². The summed E-state index contributed by atoms with van der Waals surface area (Å²) >= 11 is 6.54. The van der Waals surface area contributed by atoms with Gasteiger partial charge >= 0.3 is 0 Å². The minimum absolute atomic E-state index is 0.0343. The molecule has 1 amide bonds. The van der Waals surface area contributed by atoms with Gasteiger partial charge in [-0.05, 0) is 42.9 Å². The zero-order valence-corrected chi connectivity index (χ0v) is 16.6. The number of halogens is 1. The fraction of sp³-hybridized carbons (Fsp3) is 0.455. The lowest BCUT2D eigenvalue weighted by molar-refractivity contribution is -0.0551. The first-order chi connectivity index (χ1) is 13.7. The summed E-state index contributed by atoms with van der Waals surface area (Å²) in [6, 6.07) is 10.3. The highest BCUT2D eigenvalue weighted by Gasteiger charge is 2.42. The van der Waals surface area contributed by atoms with Crippen LogP contribution in [0.5, 0.6) is 0 Å². The summed E-state index contributed by atoms with van der Waals surface area (Å²) in [5.74, 6) is 0.799. The molecule has 2 fully saturated rings. The molecule has 0 saturated carbocycles. The fourth-order valence-electron chi connectivity index (χ4n) is 4.76. The van der Waals surface area contributed by atoms with E-state index < -0.39 is 0 Å². The first-order valence-corrected chi connectivity index (χ1v) is 10.5. The molecule has 0 unspecified atom stereocenters. The summed E-state index contributed by atoms with van der Waals surface area (Å²) in [4.78, 5) is 21.2. The van der Waals surface area contributed by atoms with Crippen LogP contribution in [0.3, 0.4) is 0 Å². The van der Waals surface area contributed by atoms with Crippen molar-refractivity contribution in [3.8, 4) is 0 Å². The lowest BCUT2D eigenvalue weighted by atomic mass is 9.84. The van der Waals surface area contributed by atoms with Gasteiger partial charge in [0.05, 0.1) is 22.8 Å². The largest absolute Gasteiger partial charge is 0.365 e. The van der Waals surface area contributed by atoms with E-state index in [0.29, 0.717) is 17.2 Å². The smallest absolute Gasteiger partial charge is 0.255 e. The van der Waals surface area contributed by atoms with Crippen LogP contribution in [-0.2, 0) is 16.9 Å². The van der Waals surface area contributed by atoms with Crippen LogP contribution in [0.4, 0.5) is 5.82 Å². The van der Waals surface area contributed by atoms with E-state index in [2.05, 4.69) is 34.1 Å². The van der Waals surface area contributed by atoms with Crippen molar-refractivity contribution < 1.29 is 9.53 Å². The third-order valence-corrected chi connectivity index (χ3v) is 6.62. The lowest BCUT2D eigenvalue weighted by Crippen LogP contribution is -2.43. The molecule has 1 spiro atoms. The van der Waals surface area contributed by atoms with Gasteiger partial charge in [-0.25, -0.2) is 4.98 Å². The molecule has 0 bridgehead atoms. The molecule has 5 nitrogen and oxygen atoms in total. The molecule has 2 saturated heterocycles. The van der Waals surface area contributed by atoms with Crippen LogP contribution in [0.25, 0.3) is 0 Å². The number of likely N-dealkylation sites (tertiary alicyclic amines) is 1. The maximum atomic E-state index is 12.6. The molecule has 6 heteroatoms. The van der Waals surface area contributed by atoms with Crippen LogP contribution in [-0.4, -0.2) is 42.0 Å². The fourth-order valence-corrected chi connectivity index (χ4v) is 5.05. The summed E-state index contributed by atoms with van der Waals surface area (Å²) in [5.41, 5.74) is 3.04. The number of fused-ring (bicyclic) bond motifs is 2. The molecule has 3 aliphatic heterocycles. The Morgan fingerprint density at radius 3 is 2.61 bits per heavy atom. The maximum Gasteiger partial charge on any atom is 0.255 e. The molecule has 3 aliphatic rings. The number of carbonyl (C=O) groups excluding carboxylic acids is 1. The molecule has 146 valence electrons. The van der Waals surface area contributed by atoms with Crippen molar-refractivity contribution in [3.05, 3.63) is 58.2 Å². The average molecular weight is 398 g/mol. The van der Waals surface area contributed by atoms with E-state index in [0.717, 1.165) is 57.7 Å². The Labute approximate surface area is 170 Å². The topological polar surface area (TPSA) is 45.7 Å². The van der Waals surface area contributed by atoms with Crippen LogP contribution in [0.2, 0.25) is 5.02 Å². The lowest BCUT2D eigenvalue weighted by Gasteiger charge is -2.40. The predicted molar refractivity (Wildman–Crippen MR) is 109 cm³/mol. The van der Waals surface area contributed by atoms with Gasteiger partial charge in [-0.3, -0.25) is 4.79 Å². The zero-order valence-electron chi connectivity index (χ0n) is 15.9. The number of piperidine rings is 1. The highest BCUT2D eigenvalue weighted by Crippen LogP contribution is 2.45. The number of amides is 1. The SMILES string of the molecule is O=C(c1cnc(N2CCC3(CC2)OCc2ccccc23)c(Cl)c1)N1CCCC1. The highest BCUT2D eigenvalue weighted by atomic mass is 35.5. The van der Waals surface area contributed by atoms with Crippen molar-refractivity contribution in [2.45, 2.75) is 37.9 Å². The first kappa shape index (κ1) is 18.0. The van der Waals surface area contributed by atoms with E-state index in [1.807, 2.05) is 4.90 Å². The Kier molecular flexibility index (Phi) is 4.52. The van der Waals surface area contributed by atoms with Crippen molar-refractivity contribution in [2.24, 2.45) is 0 Å². The predicted octanol–water partition coefficient (Wildman–Crippen LogP) is 4.00. The maximum absolute atomic E-state index is 12.6. The van der Waals surface area contributed by atoms with E-state index in [9.17, 15) is 4.79 Å². The van der Waals surface area contributed by atoms with Crippen molar-refractivity contribution >= 4 is 23.3 Å². The Morgan fingerprint density at radius 2 is 1.86 bits per heavy atom. The minimum Gasteiger partial charge on any atom is -0.365 e. The minimum atomic E-state index is -0.175. The van der Waals surface area contributed by atoms with E-state index in [4.69, 9.17) is 16.3 Å². The van der Waals surface area contributed by atoms with Crippen LogP contribution < -0.4 is 4.90 Å². The second-order valence-corrected chi connectivity index (χ2v) is 8.36. The third kappa shape index (κ3) is 2.97. The Morgan fingerprint density at radius 1 is 1.11 bits per heavy atom. The normalized spacial score (nSPS) is 20.6. The molecule has 28 heavy (non-hydrogen) atoms. The number of hydrogen-bond donors (Lipinski definition) is 0. The molecule has 0 atom stereocenters. The summed E-state index contributed by atoms with van der Waals surface area (Å²) in [6.45, 7) is 4.02. The average Bonchev–Trinajstić information content (AvgIpc) is 3.38. The standard InChI is InChI=1S/C22H24ClN3O2/c23-19-13-17(21(27)26-9-3-4-10-26)14-24-20(19)25-11-7-22(8-12-25)18-6-2-1-5-16(18)15-28-22/h1-2,5-6,13-14H,3-4,7-12,15H2. The third-order valence-electron chi connectivity index (χ3n) is 6.34. The van der Waals surface area contributed by atoms with Gasteiger partial charge in [0.15, 0.2) is 0 Å². The zero-order chi connectivity index (χ0) is 19.1. The van der Waals surface area contributed by atoms with E-state index in [1.165, 1.54) is 11.1 Å². The number of hydrogen-bond acceptors (Lipinski definition) is 4. The van der Waals surface area contributed by atoms with E-state index in [1.54, 1.807) is 12.3 Å². The van der Waals surface area contributed by atoms with Crippen molar-refractivity contribution in [3.63, 3.8) is 0 Å². The molecule has 0 aliphatic carbocycles. The van der Waals surface area contributed by atoms with Gasteiger partial charge in [-0.2, -0.15) is 0 Å². The number of nitrogens with zero attached hydrogens (tertiary/aromatic N) is 3. The number of carbonyl (C=O) groups is 1. The molecule has 2 aromatic rings. The van der Waals surface area contributed by atoms with Gasteiger partial charge in [0.1, 0.15) is 5.82 Å². The van der Waals surface area contributed by atoms with Gasteiger partial charge in [0.2, 0.25) is 0 Å². The van der Waals surface area contributed by atoms with Crippen LogP contribution in [0, 0.1) is 0 Å². The molecule has 1 aromatic heterocycles. The summed E-state index contributed by atoms with van der Waals surface area (Å²) in [7, 11) is 0. The number of anilines is 1. The molecule has 4 heterocycles. The van der Waals surface area contributed by atoms with Gasteiger partial charge in [-0.15, -0.1) is 0 Å². The second kappa shape index (κ2) is 7.05. The Bertz CT molecular complexity index is 902.